The molecule has 0 bridgehead atoms. The van der Waals surface area contributed by atoms with Gasteiger partial charge in [-0.1, -0.05) is 97.9 Å². The summed E-state index contributed by atoms with van der Waals surface area (Å²) in [6.07, 6.45) is -0.949. The number of methoxy groups -OCH3 is 1. The maximum atomic E-state index is 12.8. The fraction of sp³-hybridized carbons (Fsp3) is 0.196. The summed E-state index contributed by atoms with van der Waals surface area (Å²) in [4.78, 5) is 13.9. The molecule has 0 unspecified atom stereocenters. The number of carbonyl (C=O) groups excluding carboxylic acids is 1. The van der Waals surface area contributed by atoms with Crippen LogP contribution in [-0.2, 0) is 22.6 Å². The van der Waals surface area contributed by atoms with E-state index < -0.39 is 6.29 Å². The van der Waals surface area contributed by atoms with Gasteiger partial charge in [0.05, 0.1) is 25.9 Å². The van der Waals surface area contributed by atoms with E-state index in [9.17, 15) is 9.90 Å². The Morgan fingerprint density at radius 3 is 2.20 bits per heavy atom. The number of anilines is 1. The van der Waals surface area contributed by atoms with Crippen molar-refractivity contribution in [2.45, 2.75) is 43.5 Å². The summed E-state index contributed by atoms with van der Waals surface area (Å²) < 4.78 is 25.0. The number of ether oxygens (including phenoxy) is 4. The van der Waals surface area contributed by atoms with E-state index in [0.29, 0.717) is 23.7 Å². The number of hydrogen-bond acceptors (Lipinski definition) is 7. The molecule has 55 heavy (non-hydrogen) atoms. The summed E-state index contributed by atoms with van der Waals surface area (Å²) in [5.74, 6) is 3.04. The summed E-state index contributed by atoms with van der Waals surface area (Å²) >= 11 is 1.71. The third kappa shape index (κ3) is 9.75. The van der Waals surface area contributed by atoms with E-state index in [-0.39, 0.29) is 30.8 Å². The van der Waals surface area contributed by atoms with Crippen LogP contribution < -0.4 is 20.1 Å². The van der Waals surface area contributed by atoms with Crippen molar-refractivity contribution in [3.8, 4) is 28.4 Å². The van der Waals surface area contributed by atoms with Crippen LogP contribution in [0.2, 0.25) is 0 Å². The molecule has 0 aliphatic carbocycles. The lowest BCUT2D eigenvalue weighted by Gasteiger charge is -2.41. The van der Waals surface area contributed by atoms with Crippen molar-refractivity contribution >= 4 is 23.5 Å². The number of hydrogen-bond donors (Lipinski definition) is 3. The summed E-state index contributed by atoms with van der Waals surface area (Å²) in [5.41, 5.74) is 6.46. The van der Waals surface area contributed by atoms with Crippen molar-refractivity contribution in [2.75, 3.05) is 18.2 Å². The minimum Gasteiger partial charge on any atom is -0.496 e. The molecule has 1 heterocycles. The second kappa shape index (κ2) is 18.2. The topological polar surface area (TPSA) is 98.3 Å². The van der Waals surface area contributed by atoms with E-state index >= 15 is 0 Å². The molecule has 0 radical (unpaired) electrons. The Morgan fingerprint density at radius 1 is 0.727 bits per heavy atom. The molecule has 280 valence electrons. The minimum atomic E-state index is -0.602. The van der Waals surface area contributed by atoms with Crippen molar-refractivity contribution in [3.05, 3.63) is 174 Å². The molecular weight excluding hydrogens is 709 g/mol. The molecule has 2 amide bonds. The zero-order valence-corrected chi connectivity index (χ0v) is 31.6. The number of carbonyl (C=O) groups is 1. The lowest BCUT2D eigenvalue weighted by Crippen LogP contribution is -2.38. The van der Waals surface area contributed by atoms with Crippen LogP contribution in [0, 0.1) is 5.92 Å². The van der Waals surface area contributed by atoms with E-state index in [2.05, 4.69) is 47.9 Å². The van der Waals surface area contributed by atoms with Crippen molar-refractivity contribution in [1.29, 1.82) is 0 Å². The number of aliphatic hydroxyl groups is 1. The van der Waals surface area contributed by atoms with Gasteiger partial charge in [-0.05, 0) is 88.5 Å². The average Bonchev–Trinajstić information content (AvgIpc) is 3.24. The van der Waals surface area contributed by atoms with Crippen LogP contribution in [0.15, 0.2) is 157 Å². The molecule has 6 aromatic rings. The highest BCUT2D eigenvalue weighted by molar-refractivity contribution is 7.99. The van der Waals surface area contributed by atoms with Gasteiger partial charge in [0.25, 0.3) is 0 Å². The highest BCUT2D eigenvalue weighted by atomic mass is 32.2. The lowest BCUT2D eigenvalue weighted by molar-refractivity contribution is -0.268. The second-order valence-electron chi connectivity index (χ2n) is 13.4. The van der Waals surface area contributed by atoms with E-state index in [4.69, 9.17) is 18.9 Å². The number of rotatable bonds is 13. The number of benzene rings is 6. The number of amides is 2. The highest BCUT2D eigenvalue weighted by Gasteiger charge is 2.38. The largest absolute Gasteiger partial charge is 0.496 e. The zero-order chi connectivity index (χ0) is 38.0. The Hall–Kier alpha value is -5.58. The molecule has 3 N–H and O–H groups in total. The van der Waals surface area contributed by atoms with Gasteiger partial charge in [-0.25, -0.2) is 4.79 Å². The molecule has 1 saturated heterocycles. The van der Waals surface area contributed by atoms with Crippen LogP contribution in [-0.4, -0.2) is 30.1 Å². The van der Waals surface area contributed by atoms with Gasteiger partial charge < -0.3 is 34.7 Å². The standard InChI is InChI=1S/C46H44N2O6S/c1-31-42(30-55-43-17-7-6-16-41(43)51-2)53-45(54-44(31)34-20-18-32(29-49)19-21-34)37-13-9-12-36(27-37)35-11-8-10-33(26-35)28-47-46(50)48-38-22-24-40(25-23-38)52-39-14-4-3-5-15-39/h3-27,31,42,44-45,49H,28-30H2,1-2H3,(H2,47,48,50)/t31-,42+,44+,45+/m0/s1. The quantitative estimate of drug-likeness (QED) is 0.101. The van der Waals surface area contributed by atoms with Gasteiger partial charge in [-0.15, -0.1) is 11.8 Å². The maximum absolute atomic E-state index is 12.8. The Morgan fingerprint density at radius 2 is 1.44 bits per heavy atom. The van der Waals surface area contributed by atoms with Crippen LogP contribution in [0.3, 0.4) is 0 Å². The van der Waals surface area contributed by atoms with Crippen LogP contribution in [0.4, 0.5) is 10.5 Å². The number of aliphatic hydroxyl groups excluding tert-OH is 1. The summed E-state index contributed by atoms with van der Waals surface area (Å²) in [6.45, 7) is 2.51. The summed E-state index contributed by atoms with van der Waals surface area (Å²) in [5, 5.41) is 15.5. The van der Waals surface area contributed by atoms with Gasteiger partial charge >= 0.3 is 6.03 Å². The van der Waals surface area contributed by atoms with Crippen molar-refractivity contribution in [2.24, 2.45) is 5.92 Å². The Labute approximate surface area is 326 Å². The number of thioether (sulfide) groups is 1. The number of nitrogens with one attached hydrogen (secondary N) is 2. The van der Waals surface area contributed by atoms with Crippen molar-refractivity contribution < 1.29 is 28.8 Å². The van der Waals surface area contributed by atoms with E-state index in [0.717, 1.165) is 49.8 Å². The molecule has 9 heteroatoms. The second-order valence-corrected chi connectivity index (χ2v) is 14.4. The average molecular weight is 753 g/mol. The van der Waals surface area contributed by atoms with Crippen LogP contribution in [0.5, 0.6) is 17.2 Å². The minimum absolute atomic E-state index is 0.0109. The van der Waals surface area contributed by atoms with E-state index in [1.54, 1.807) is 18.9 Å². The maximum Gasteiger partial charge on any atom is 0.319 e. The first-order valence-electron chi connectivity index (χ1n) is 18.3. The van der Waals surface area contributed by atoms with Gasteiger partial charge in [-0.2, -0.15) is 0 Å². The molecule has 0 saturated carbocycles. The Balaban J connectivity index is 1.03. The van der Waals surface area contributed by atoms with Crippen molar-refractivity contribution in [3.63, 3.8) is 0 Å². The smallest absolute Gasteiger partial charge is 0.319 e. The van der Waals surface area contributed by atoms with Gasteiger partial charge in [-0.3, -0.25) is 0 Å². The Bertz CT molecular complexity index is 2160. The molecular formula is C46H44N2O6S. The van der Waals surface area contributed by atoms with Crippen LogP contribution in [0.1, 0.15) is 41.6 Å². The van der Waals surface area contributed by atoms with Crippen LogP contribution in [0.25, 0.3) is 11.1 Å². The van der Waals surface area contributed by atoms with E-state index in [1.165, 1.54) is 0 Å². The molecule has 1 aliphatic rings. The molecule has 8 nitrogen and oxygen atoms in total. The first-order chi connectivity index (χ1) is 26.9. The fourth-order valence-electron chi connectivity index (χ4n) is 6.53. The third-order valence-electron chi connectivity index (χ3n) is 9.56. The molecule has 1 aliphatic heterocycles. The fourth-order valence-corrected chi connectivity index (χ4v) is 7.73. The lowest BCUT2D eigenvalue weighted by atomic mass is 9.91. The normalized spacial score (nSPS) is 17.9. The number of urea groups is 1. The monoisotopic (exact) mass is 752 g/mol. The Kier molecular flexibility index (Phi) is 12.5. The SMILES string of the molecule is COc1ccccc1SC[C@H]1O[C@@H](c2cccc(-c3cccc(CNC(=O)Nc4ccc(Oc5ccccc5)cc4)c3)c2)O[C@@H](c2ccc(CO)cc2)[C@H]1C. The molecule has 0 spiro atoms. The molecule has 7 rings (SSSR count). The van der Waals surface area contributed by atoms with E-state index in [1.807, 2.05) is 121 Å². The van der Waals surface area contributed by atoms with Crippen LogP contribution >= 0.6 is 11.8 Å². The number of para-hydroxylation sites is 2. The van der Waals surface area contributed by atoms with Gasteiger partial charge in [0.15, 0.2) is 6.29 Å². The molecule has 1 fully saturated rings. The predicted octanol–water partition coefficient (Wildman–Crippen LogP) is 10.6. The highest BCUT2D eigenvalue weighted by Crippen LogP contribution is 2.44. The van der Waals surface area contributed by atoms with Gasteiger partial charge in [0, 0.05) is 34.4 Å². The first kappa shape index (κ1) is 37.7. The van der Waals surface area contributed by atoms with Gasteiger partial charge in [0.1, 0.15) is 17.2 Å². The molecule has 6 aromatic carbocycles. The molecule has 0 aromatic heterocycles. The molecule has 4 atom stereocenters. The predicted molar refractivity (Wildman–Crippen MR) is 217 cm³/mol. The first-order valence-corrected chi connectivity index (χ1v) is 19.3. The third-order valence-corrected chi connectivity index (χ3v) is 10.7. The summed E-state index contributed by atoms with van der Waals surface area (Å²) in [7, 11) is 1.69. The van der Waals surface area contributed by atoms with Gasteiger partial charge in [0.2, 0.25) is 0 Å². The zero-order valence-electron chi connectivity index (χ0n) is 30.8. The summed E-state index contributed by atoms with van der Waals surface area (Å²) in [6, 6.07) is 48.9. The van der Waals surface area contributed by atoms with Crippen molar-refractivity contribution in [1.82, 2.24) is 5.32 Å².